The van der Waals surface area contributed by atoms with Gasteiger partial charge in [0, 0.05) is 20.1 Å². The second-order valence-corrected chi connectivity index (χ2v) is 2.61. The normalized spacial score (nSPS) is 11.2. The summed E-state index contributed by atoms with van der Waals surface area (Å²) in [6, 6.07) is -0.480. The number of hydrogen-bond donors (Lipinski definition) is 1. The molecule has 0 aliphatic rings. The van der Waals surface area contributed by atoms with Gasteiger partial charge in [0.2, 0.25) is 0 Å². The van der Waals surface area contributed by atoms with Crippen LogP contribution in [0.2, 0.25) is 0 Å². The molecule has 0 spiro atoms. The van der Waals surface area contributed by atoms with Crippen molar-refractivity contribution in [2.75, 3.05) is 20.1 Å². The van der Waals surface area contributed by atoms with E-state index in [2.05, 4.69) is 5.32 Å². The highest BCUT2D eigenvalue weighted by atomic mass is 19.4. The van der Waals surface area contributed by atoms with Crippen LogP contribution >= 0.6 is 0 Å². The van der Waals surface area contributed by atoms with Gasteiger partial charge in [-0.1, -0.05) is 0 Å². The van der Waals surface area contributed by atoms with E-state index in [0.717, 1.165) is 0 Å². The molecular formula is C7H13F3N2O. The highest BCUT2D eigenvalue weighted by Gasteiger charge is 2.26. The van der Waals surface area contributed by atoms with E-state index in [-0.39, 0.29) is 6.54 Å². The Kier molecular flexibility index (Phi) is 4.58. The van der Waals surface area contributed by atoms with E-state index in [1.54, 1.807) is 6.92 Å². The van der Waals surface area contributed by atoms with Gasteiger partial charge in [0.15, 0.2) is 0 Å². The maximum atomic E-state index is 11.6. The first-order valence-electron chi connectivity index (χ1n) is 3.92. The molecule has 0 heterocycles. The zero-order chi connectivity index (χ0) is 10.5. The summed E-state index contributed by atoms with van der Waals surface area (Å²) in [5, 5.41) is 2.16. The van der Waals surface area contributed by atoms with Crippen LogP contribution in [0.3, 0.4) is 0 Å². The van der Waals surface area contributed by atoms with Gasteiger partial charge in [-0.3, -0.25) is 0 Å². The Labute approximate surface area is 74.9 Å². The molecule has 1 N–H and O–H groups in total. The number of nitrogens with zero attached hydrogens (tertiary/aromatic N) is 1. The Morgan fingerprint density at radius 1 is 1.46 bits per heavy atom. The largest absolute Gasteiger partial charge is 0.390 e. The smallest absolute Gasteiger partial charge is 0.338 e. The number of hydrogen-bond acceptors (Lipinski definition) is 1. The average Bonchev–Trinajstić information content (AvgIpc) is 2.00. The minimum Gasteiger partial charge on any atom is -0.338 e. The molecule has 13 heavy (non-hydrogen) atoms. The Hall–Kier alpha value is -0.940. The molecule has 6 heteroatoms. The first-order chi connectivity index (χ1) is 5.87. The van der Waals surface area contributed by atoms with E-state index in [0.29, 0.717) is 6.54 Å². The van der Waals surface area contributed by atoms with Crippen LogP contribution in [0.4, 0.5) is 18.0 Å². The van der Waals surface area contributed by atoms with E-state index in [1.165, 1.54) is 11.9 Å². The molecule has 78 valence electrons. The van der Waals surface area contributed by atoms with Crippen molar-refractivity contribution in [1.29, 1.82) is 0 Å². The van der Waals surface area contributed by atoms with Crippen molar-refractivity contribution < 1.29 is 18.0 Å². The van der Waals surface area contributed by atoms with Crippen LogP contribution in [0.5, 0.6) is 0 Å². The molecule has 0 saturated heterocycles. The van der Waals surface area contributed by atoms with Crippen LogP contribution in [0, 0.1) is 0 Å². The van der Waals surface area contributed by atoms with Crippen LogP contribution in [-0.2, 0) is 0 Å². The molecule has 0 aromatic heterocycles. The fraction of sp³-hybridized carbons (Fsp3) is 0.857. The van der Waals surface area contributed by atoms with Crippen molar-refractivity contribution in [1.82, 2.24) is 10.2 Å². The Morgan fingerprint density at radius 3 is 2.38 bits per heavy atom. The summed E-state index contributed by atoms with van der Waals surface area (Å²) in [7, 11) is 1.52. The third-order valence-electron chi connectivity index (χ3n) is 1.51. The number of amides is 2. The standard InChI is InChI=1S/C7H13F3N2O/c1-3-12(2)6(13)11-5-4-7(8,9)10/h3-5H2,1-2H3,(H,11,13). The lowest BCUT2D eigenvalue weighted by molar-refractivity contribution is -0.133. The lowest BCUT2D eigenvalue weighted by Gasteiger charge is -2.15. The first-order valence-corrected chi connectivity index (χ1v) is 3.92. The van der Waals surface area contributed by atoms with E-state index < -0.39 is 18.6 Å². The third-order valence-corrected chi connectivity index (χ3v) is 1.51. The van der Waals surface area contributed by atoms with Gasteiger partial charge in [-0.25, -0.2) is 4.79 Å². The van der Waals surface area contributed by atoms with Gasteiger partial charge in [-0.2, -0.15) is 13.2 Å². The summed E-state index contributed by atoms with van der Waals surface area (Å²) in [6.07, 6.45) is -5.20. The molecule has 2 amide bonds. The van der Waals surface area contributed by atoms with E-state index in [4.69, 9.17) is 0 Å². The fourth-order valence-corrected chi connectivity index (χ4v) is 0.590. The highest BCUT2D eigenvalue weighted by Crippen LogP contribution is 2.18. The second-order valence-electron chi connectivity index (χ2n) is 2.61. The molecule has 0 aliphatic heterocycles. The quantitative estimate of drug-likeness (QED) is 0.734. The lowest BCUT2D eigenvalue weighted by Crippen LogP contribution is -2.38. The van der Waals surface area contributed by atoms with Gasteiger partial charge < -0.3 is 10.2 Å². The van der Waals surface area contributed by atoms with E-state index in [9.17, 15) is 18.0 Å². The SMILES string of the molecule is CCN(C)C(=O)NCCC(F)(F)F. The minimum absolute atomic E-state index is 0.368. The van der Waals surface area contributed by atoms with Crippen molar-refractivity contribution in [2.45, 2.75) is 19.5 Å². The average molecular weight is 198 g/mol. The molecule has 0 aromatic carbocycles. The molecule has 0 bridgehead atoms. The highest BCUT2D eigenvalue weighted by molar-refractivity contribution is 5.73. The predicted octanol–water partition coefficient (Wildman–Crippen LogP) is 1.60. The molecule has 0 aromatic rings. The van der Waals surface area contributed by atoms with Crippen molar-refractivity contribution in [3.8, 4) is 0 Å². The van der Waals surface area contributed by atoms with Crippen molar-refractivity contribution in [2.24, 2.45) is 0 Å². The maximum absolute atomic E-state index is 11.6. The van der Waals surface area contributed by atoms with Gasteiger partial charge >= 0.3 is 12.2 Å². The molecule has 0 saturated carbocycles. The minimum atomic E-state index is -4.21. The van der Waals surface area contributed by atoms with Gasteiger partial charge in [0.1, 0.15) is 0 Å². The topological polar surface area (TPSA) is 32.3 Å². The number of urea groups is 1. The molecular weight excluding hydrogens is 185 g/mol. The number of carbonyl (C=O) groups excluding carboxylic acids is 1. The monoisotopic (exact) mass is 198 g/mol. The third kappa shape index (κ3) is 6.24. The summed E-state index contributed by atoms with van der Waals surface area (Å²) in [5.74, 6) is 0. The predicted molar refractivity (Wildman–Crippen MR) is 42.4 cm³/mol. The Balaban J connectivity index is 3.60. The fourth-order valence-electron chi connectivity index (χ4n) is 0.590. The second kappa shape index (κ2) is 4.94. The van der Waals surface area contributed by atoms with Crippen LogP contribution in [-0.4, -0.2) is 37.2 Å². The van der Waals surface area contributed by atoms with Crippen LogP contribution in [0.15, 0.2) is 0 Å². The van der Waals surface area contributed by atoms with Crippen LogP contribution in [0.25, 0.3) is 0 Å². The first kappa shape index (κ1) is 12.1. The van der Waals surface area contributed by atoms with Gasteiger partial charge in [0.25, 0.3) is 0 Å². The van der Waals surface area contributed by atoms with Crippen LogP contribution in [0.1, 0.15) is 13.3 Å². The van der Waals surface area contributed by atoms with Crippen LogP contribution < -0.4 is 5.32 Å². The number of halogens is 3. The number of nitrogens with one attached hydrogen (secondary N) is 1. The molecule has 0 unspecified atom stereocenters. The Morgan fingerprint density at radius 2 is 2.00 bits per heavy atom. The molecule has 0 fully saturated rings. The van der Waals surface area contributed by atoms with Gasteiger partial charge in [-0.05, 0) is 6.92 Å². The maximum Gasteiger partial charge on any atom is 0.390 e. The number of alkyl halides is 3. The molecule has 0 atom stereocenters. The van der Waals surface area contributed by atoms with Gasteiger partial charge in [-0.15, -0.1) is 0 Å². The zero-order valence-electron chi connectivity index (χ0n) is 7.61. The molecule has 0 radical (unpaired) electrons. The summed E-state index contributed by atoms with van der Waals surface area (Å²) in [6.45, 7) is 1.84. The molecule has 0 aliphatic carbocycles. The van der Waals surface area contributed by atoms with E-state index >= 15 is 0 Å². The van der Waals surface area contributed by atoms with Crippen molar-refractivity contribution in [3.63, 3.8) is 0 Å². The summed E-state index contributed by atoms with van der Waals surface area (Å²) in [4.78, 5) is 12.2. The zero-order valence-corrected chi connectivity index (χ0v) is 7.61. The van der Waals surface area contributed by atoms with Gasteiger partial charge in [0.05, 0.1) is 6.42 Å². The number of rotatable bonds is 3. The Bertz CT molecular complexity index is 170. The van der Waals surface area contributed by atoms with E-state index in [1.807, 2.05) is 0 Å². The van der Waals surface area contributed by atoms with Crippen molar-refractivity contribution in [3.05, 3.63) is 0 Å². The lowest BCUT2D eigenvalue weighted by atomic mass is 10.4. The summed E-state index contributed by atoms with van der Waals surface area (Å²) in [5.41, 5.74) is 0. The number of carbonyl (C=O) groups is 1. The van der Waals surface area contributed by atoms with Crippen molar-refractivity contribution >= 4 is 6.03 Å². The summed E-state index contributed by atoms with van der Waals surface area (Å²) < 4.78 is 34.9. The molecule has 3 nitrogen and oxygen atoms in total. The summed E-state index contributed by atoms with van der Waals surface area (Å²) >= 11 is 0. The molecule has 0 rings (SSSR count).